The normalized spacial score (nSPS) is 34.2. The Kier molecular flexibility index (Phi) is 1.37. The number of Topliss-reactive ketones (excluding diaryl/α,β-unsaturated/α-hetero) is 1. The second kappa shape index (κ2) is 2.19. The molecule has 1 unspecified atom stereocenters. The van der Waals surface area contributed by atoms with Gasteiger partial charge in [-0.2, -0.15) is 0 Å². The Morgan fingerprint density at radius 2 is 2.33 bits per heavy atom. The van der Waals surface area contributed by atoms with E-state index in [2.05, 4.69) is 6.58 Å². The first-order chi connectivity index (χ1) is 5.68. The summed E-state index contributed by atoms with van der Waals surface area (Å²) in [6, 6.07) is 0. The Morgan fingerprint density at radius 3 is 2.92 bits per heavy atom. The molecule has 0 aliphatic carbocycles. The van der Waals surface area contributed by atoms with E-state index in [4.69, 9.17) is 0 Å². The fourth-order valence-corrected chi connectivity index (χ4v) is 2.14. The molecule has 0 radical (unpaired) electrons. The summed E-state index contributed by atoms with van der Waals surface area (Å²) in [5.41, 5.74) is 0.432. The van der Waals surface area contributed by atoms with Crippen molar-refractivity contribution in [3.8, 4) is 0 Å². The fourth-order valence-electron chi connectivity index (χ4n) is 2.14. The van der Waals surface area contributed by atoms with Crippen molar-refractivity contribution in [2.24, 2.45) is 0 Å². The van der Waals surface area contributed by atoms with E-state index in [0.29, 0.717) is 13.0 Å². The lowest BCUT2D eigenvalue weighted by atomic mass is 9.96. The number of carbonyl (C=O) groups excluding carboxylic acids is 2. The van der Waals surface area contributed by atoms with Gasteiger partial charge in [0.1, 0.15) is 11.8 Å². The van der Waals surface area contributed by atoms with E-state index < -0.39 is 5.54 Å². The maximum atomic E-state index is 11.1. The molecule has 0 N–H and O–H groups in total. The lowest BCUT2D eigenvalue weighted by Crippen LogP contribution is -2.38. The minimum absolute atomic E-state index is 0.156. The van der Waals surface area contributed by atoms with E-state index >= 15 is 0 Å². The highest BCUT2D eigenvalue weighted by molar-refractivity contribution is 5.90. The second-order valence-corrected chi connectivity index (χ2v) is 3.59. The van der Waals surface area contributed by atoms with Gasteiger partial charge in [0.05, 0.1) is 6.54 Å². The molecule has 0 aromatic carbocycles. The second-order valence-electron chi connectivity index (χ2n) is 3.59. The third-order valence-electron chi connectivity index (χ3n) is 2.82. The third kappa shape index (κ3) is 0.763. The molecule has 2 rings (SSSR count). The van der Waals surface area contributed by atoms with Crippen LogP contribution in [0.25, 0.3) is 0 Å². The standard InChI is InChI=1S/C9H11NO2/c1-7-2-3-9(6-11)4-8(12)5-10(7)9/h6H,1-5H2. The summed E-state index contributed by atoms with van der Waals surface area (Å²) in [5.74, 6) is 0.156. The Bertz CT molecular complexity index is 272. The lowest BCUT2D eigenvalue weighted by molar-refractivity contribution is -0.119. The van der Waals surface area contributed by atoms with Gasteiger partial charge in [0.2, 0.25) is 0 Å². The van der Waals surface area contributed by atoms with Crippen LogP contribution in [0.5, 0.6) is 0 Å². The van der Waals surface area contributed by atoms with E-state index in [1.54, 1.807) is 0 Å². The minimum atomic E-state index is -0.506. The van der Waals surface area contributed by atoms with Crippen molar-refractivity contribution in [2.75, 3.05) is 6.54 Å². The summed E-state index contributed by atoms with van der Waals surface area (Å²) in [6.45, 7) is 4.23. The number of hydrogen-bond acceptors (Lipinski definition) is 3. The molecule has 3 heteroatoms. The molecule has 12 heavy (non-hydrogen) atoms. The summed E-state index contributed by atoms with van der Waals surface area (Å²) in [4.78, 5) is 23.9. The zero-order valence-corrected chi connectivity index (χ0v) is 6.88. The quantitative estimate of drug-likeness (QED) is 0.531. The summed E-state index contributed by atoms with van der Waals surface area (Å²) in [5, 5.41) is 0. The molecule has 2 heterocycles. The number of hydrogen-bond donors (Lipinski definition) is 0. The van der Waals surface area contributed by atoms with Crippen molar-refractivity contribution in [2.45, 2.75) is 24.8 Å². The maximum absolute atomic E-state index is 11.1. The molecular formula is C9H11NO2. The molecule has 2 saturated heterocycles. The number of nitrogens with zero attached hydrogens (tertiary/aromatic N) is 1. The Morgan fingerprint density at radius 1 is 1.58 bits per heavy atom. The van der Waals surface area contributed by atoms with E-state index in [1.807, 2.05) is 4.90 Å². The summed E-state index contributed by atoms with van der Waals surface area (Å²) < 4.78 is 0. The highest BCUT2D eigenvalue weighted by atomic mass is 16.1. The zero-order valence-electron chi connectivity index (χ0n) is 6.88. The molecule has 0 saturated carbocycles. The van der Waals surface area contributed by atoms with Gasteiger partial charge in [0.15, 0.2) is 5.78 Å². The molecule has 2 aliphatic rings. The molecule has 0 amide bonds. The van der Waals surface area contributed by atoms with Crippen LogP contribution < -0.4 is 0 Å². The molecule has 3 nitrogen and oxygen atoms in total. The average molecular weight is 165 g/mol. The van der Waals surface area contributed by atoms with Crippen LogP contribution in [0.2, 0.25) is 0 Å². The largest absolute Gasteiger partial charge is 0.355 e. The molecular weight excluding hydrogens is 154 g/mol. The van der Waals surface area contributed by atoms with Crippen molar-refractivity contribution in [1.29, 1.82) is 0 Å². The van der Waals surface area contributed by atoms with Crippen LogP contribution in [-0.2, 0) is 9.59 Å². The molecule has 1 atom stereocenters. The number of fused-ring (bicyclic) bond motifs is 1. The lowest BCUT2D eigenvalue weighted by Gasteiger charge is -2.26. The molecule has 64 valence electrons. The summed E-state index contributed by atoms with van der Waals surface area (Å²) >= 11 is 0. The first-order valence-corrected chi connectivity index (χ1v) is 4.11. The molecule has 0 aromatic heterocycles. The molecule has 0 bridgehead atoms. The van der Waals surface area contributed by atoms with Crippen LogP contribution in [0.4, 0.5) is 0 Å². The SMILES string of the molecule is C=C1CCC2(C=O)CC(=O)CN12. The molecule has 2 fully saturated rings. The Labute approximate surface area is 71.0 Å². The van der Waals surface area contributed by atoms with Crippen LogP contribution in [0.3, 0.4) is 0 Å². The Balaban J connectivity index is 2.36. The van der Waals surface area contributed by atoms with E-state index in [0.717, 1.165) is 24.8 Å². The van der Waals surface area contributed by atoms with Gasteiger partial charge in [0.25, 0.3) is 0 Å². The van der Waals surface area contributed by atoms with Crippen molar-refractivity contribution < 1.29 is 9.59 Å². The number of ketones is 1. The number of aldehydes is 1. The van der Waals surface area contributed by atoms with Gasteiger partial charge >= 0.3 is 0 Å². The first kappa shape index (κ1) is 7.53. The van der Waals surface area contributed by atoms with Crippen LogP contribution in [0.15, 0.2) is 12.3 Å². The number of allylic oxidation sites excluding steroid dienone is 1. The van der Waals surface area contributed by atoms with E-state index in [-0.39, 0.29) is 5.78 Å². The van der Waals surface area contributed by atoms with Crippen LogP contribution in [0, 0.1) is 0 Å². The predicted molar refractivity (Wildman–Crippen MR) is 43.5 cm³/mol. The Hall–Kier alpha value is -1.12. The molecule has 0 aromatic rings. The first-order valence-electron chi connectivity index (χ1n) is 4.11. The highest BCUT2D eigenvalue weighted by Gasteiger charge is 2.49. The molecule has 0 spiro atoms. The molecule has 2 aliphatic heterocycles. The maximum Gasteiger partial charge on any atom is 0.154 e. The predicted octanol–water partition coefficient (Wildman–Crippen LogP) is 0.506. The van der Waals surface area contributed by atoms with Crippen molar-refractivity contribution in [1.82, 2.24) is 4.90 Å². The van der Waals surface area contributed by atoms with Crippen LogP contribution in [0.1, 0.15) is 19.3 Å². The van der Waals surface area contributed by atoms with Gasteiger partial charge in [-0.25, -0.2) is 0 Å². The number of carbonyl (C=O) groups is 2. The number of rotatable bonds is 1. The van der Waals surface area contributed by atoms with Gasteiger partial charge in [-0.3, -0.25) is 4.79 Å². The van der Waals surface area contributed by atoms with Gasteiger partial charge in [0, 0.05) is 12.1 Å². The van der Waals surface area contributed by atoms with Crippen LogP contribution >= 0.6 is 0 Å². The smallest absolute Gasteiger partial charge is 0.154 e. The van der Waals surface area contributed by atoms with E-state index in [1.165, 1.54) is 0 Å². The van der Waals surface area contributed by atoms with Gasteiger partial charge in [-0.05, 0) is 12.8 Å². The van der Waals surface area contributed by atoms with Crippen molar-refractivity contribution in [3.63, 3.8) is 0 Å². The average Bonchev–Trinajstić information content (AvgIpc) is 2.51. The topological polar surface area (TPSA) is 37.4 Å². The van der Waals surface area contributed by atoms with Crippen molar-refractivity contribution >= 4 is 12.1 Å². The minimum Gasteiger partial charge on any atom is -0.355 e. The van der Waals surface area contributed by atoms with Crippen molar-refractivity contribution in [3.05, 3.63) is 12.3 Å². The van der Waals surface area contributed by atoms with Gasteiger partial charge < -0.3 is 9.69 Å². The fraction of sp³-hybridized carbons (Fsp3) is 0.556. The third-order valence-corrected chi connectivity index (χ3v) is 2.82. The summed E-state index contributed by atoms with van der Waals surface area (Å²) in [7, 11) is 0. The monoisotopic (exact) mass is 165 g/mol. The van der Waals surface area contributed by atoms with E-state index in [9.17, 15) is 9.59 Å². The van der Waals surface area contributed by atoms with Gasteiger partial charge in [-0.1, -0.05) is 6.58 Å². The zero-order chi connectivity index (χ0) is 8.77. The highest BCUT2D eigenvalue weighted by Crippen LogP contribution is 2.40. The van der Waals surface area contributed by atoms with Gasteiger partial charge in [-0.15, -0.1) is 0 Å². The van der Waals surface area contributed by atoms with Crippen LogP contribution in [-0.4, -0.2) is 29.1 Å². The summed E-state index contributed by atoms with van der Waals surface area (Å²) in [6.07, 6.45) is 2.92.